The van der Waals surface area contributed by atoms with Crippen LogP contribution >= 0.6 is 11.6 Å². The van der Waals surface area contributed by atoms with Gasteiger partial charge in [0.15, 0.2) is 0 Å². The molecule has 2 rings (SSSR count). The molecule has 2 aromatic rings. The summed E-state index contributed by atoms with van der Waals surface area (Å²) >= 11 is 5.95. The van der Waals surface area contributed by atoms with E-state index in [1.165, 1.54) is 0 Å². The van der Waals surface area contributed by atoms with Crippen LogP contribution in [0.2, 0.25) is 5.02 Å². The number of benzene rings is 1. The summed E-state index contributed by atoms with van der Waals surface area (Å²) in [6.45, 7) is 5.15. The predicted octanol–water partition coefficient (Wildman–Crippen LogP) is 2.81. The quantitative estimate of drug-likeness (QED) is 0.942. The normalized spacial score (nSPS) is 10.8. The largest absolute Gasteiger partial charge is 0.352 e. The molecular formula is C15H17ClN2O2. The van der Waals surface area contributed by atoms with Gasteiger partial charge in [-0.1, -0.05) is 18.5 Å². The maximum absolute atomic E-state index is 12.4. The van der Waals surface area contributed by atoms with Gasteiger partial charge in [0, 0.05) is 29.7 Å². The van der Waals surface area contributed by atoms with Crippen molar-refractivity contribution in [3.05, 3.63) is 45.2 Å². The first-order chi connectivity index (χ1) is 9.58. The molecule has 1 N–H and O–H groups in total. The summed E-state index contributed by atoms with van der Waals surface area (Å²) in [4.78, 5) is 24.5. The lowest BCUT2D eigenvalue weighted by atomic mass is 10.1. The average Bonchev–Trinajstić information content (AvgIpc) is 2.45. The third kappa shape index (κ3) is 2.70. The highest BCUT2D eigenvalue weighted by molar-refractivity contribution is 6.31. The van der Waals surface area contributed by atoms with Crippen molar-refractivity contribution in [3.8, 4) is 0 Å². The summed E-state index contributed by atoms with van der Waals surface area (Å²) in [5.74, 6) is -0.332. The minimum Gasteiger partial charge on any atom is -0.352 e. The SMILES string of the molecule is CCCNC(=O)c1cn(CC)c2ccc(Cl)cc2c1=O. The van der Waals surface area contributed by atoms with E-state index in [4.69, 9.17) is 11.6 Å². The number of amides is 1. The number of aryl methyl sites for hydroxylation is 1. The number of hydrogen-bond acceptors (Lipinski definition) is 2. The standard InChI is InChI=1S/C15H17ClN2O2/c1-3-7-17-15(20)12-9-18(4-2)13-6-5-10(16)8-11(13)14(12)19/h5-6,8-9H,3-4,7H2,1-2H3,(H,17,20). The van der Waals surface area contributed by atoms with Gasteiger partial charge in [0.2, 0.25) is 5.43 Å². The Morgan fingerprint density at radius 3 is 2.75 bits per heavy atom. The lowest BCUT2D eigenvalue weighted by Gasteiger charge is -2.11. The van der Waals surface area contributed by atoms with Crippen LogP contribution in [0.25, 0.3) is 10.9 Å². The Morgan fingerprint density at radius 2 is 2.10 bits per heavy atom. The van der Waals surface area contributed by atoms with Crippen molar-refractivity contribution >= 4 is 28.4 Å². The number of aromatic nitrogens is 1. The van der Waals surface area contributed by atoms with Gasteiger partial charge in [0.1, 0.15) is 5.56 Å². The Hall–Kier alpha value is -1.81. The molecule has 0 spiro atoms. The van der Waals surface area contributed by atoms with Gasteiger partial charge in [-0.3, -0.25) is 9.59 Å². The molecule has 1 amide bonds. The van der Waals surface area contributed by atoms with E-state index in [0.717, 1.165) is 11.9 Å². The van der Waals surface area contributed by atoms with Gasteiger partial charge in [-0.15, -0.1) is 0 Å². The van der Waals surface area contributed by atoms with Crippen LogP contribution in [0.5, 0.6) is 0 Å². The molecule has 0 fully saturated rings. The van der Waals surface area contributed by atoms with E-state index in [1.54, 1.807) is 24.4 Å². The molecule has 0 unspecified atom stereocenters. The van der Waals surface area contributed by atoms with Crippen molar-refractivity contribution in [2.24, 2.45) is 0 Å². The number of fused-ring (bicyclic) bond motifs is 1. The van der Waals surface area contributed by atoms with E-state index in [2.05, 4.69) is 5.32 Å². The Kier molecular flexibility index (Phi) is 4.45. The Balaban J connectivity index is 2.64. The smallest absolute Gasteiger partial charge is 0.256 e. The fraction of sp³-hybridized carbons (Fsp3) is 0.333. The second kappa shape index (κ2) is 6.09. The van der Waals surface area contributed by atoms with Crippen LogP contribution in [0.3, 0.4) is 0 Å². The summed E-state index contributed by atoms with van der Waals surface area (Å²) in [7, 11) is 0. The molecule has 4 nitrogen and oxygen atoms in total. The van der Waals surface area contributed by atoms with Crippen molar-refractivity contribution in [2.45, 2.75) is 26.8 Å². The second-order valence-corrected chi connectivity index (χ2v) is 5.01. The van der Waals surface area contributed by atoms with Crippen LogP contribution < -0.4 is 10.7 Å². The van der Waals surface area contributed by atoms with Gasteiger partial charge in [-0.25, -0.2) is 0 Å². The lowest BCUT2D eigenvalue weighted by molar-refractivity contribution is 0.0952. The molecule has 5 heteroatoms. The number of halogens is 1. The minimum atomic E-state index is -0.332. The third-order valence-corrected chi connectivity index (χ3v) is 3.40. The first kappa shape index (κ1) is 14.6. The molecule has 0 saturated carbocycles. The molecule has 0 aliphatic heterocycles. The summed E-state index contributed by atoms with van der Waals surface area (Å²) in [6, 6.07) is 5.16. The number of hydrogen-bond donors (Lipinski definition) is 1. The molecule has 0 bridgehead atoms. The fourth-order valence-electron chi connectivity index (χ4n) is 2.13. The van der Waals surface area contributed by atoms with Crippen LogP contribution in [-0.4, -0.2) is 17.0 Å². The topological polar surface area (TPSA) is 51.1 Å². The molecule has 106 valence electrons. The second-order valence-electron chi connectivity index (χ2n) is 4.58. The molecule has 0 saturated heterocycles. The third-order valence-electron chi connectivity index (χ3n) is 3.16. The maximum Gasteiger partial charge on any atom is 0.256 e. The Morgan fingerprint density at radius 1 is 1.35 bits per heavy atom. The van der Waals surface area contributed by atoms with Gasteiger partial charge >= 0.3 is 0 Å². The van der Waals surface area contributed by atoms with E-state index in [-0.39, 0.29) is 16.9 Å². The summed E-state index contributed by atoms with van der Waals surface area (Å²) in [5, 5.41) is 3.70. The zero-order chi connectivity index (χ0) is 14.7. The summed E-state index contributed by atoms with van der Waals surface area (Å²) in [5.41, 5.74) is 0.671. The zero-order valence-corrected chi connectivity index (χ0v) is 12.3. The molecule has 1 aromatic carbocycles. The molecular weight excluding hydrogens is 276 g/mol. The first-order valence-electron chi connectivity index (χ1n) is 6.69. The fourth-order valence-corrected chi connectivity index (χ4v) is 2.30. The molecule has 1 aromatic heterocycles. The van der Waals surface area contributed by atoms with Gasteiger partial charge < -0.3 is 9.88 Å². The summed E-state index contributed by atoms with van der Waals surface area (Å²) in [6.07, 6.45) is 2.44. The molecule has 0 atom stereocenters. The van der Waals surface area contributed by atoms with Gasteiger partial charge in [-0.05, 0) is 31.5 Å². The molecule has 0 radical (unpaired) electrons. The molecule has 0 aliphatic carbocycles. The molecule has 1 heterocycles. The zero-order valence-electron chi connectivity index (χ0n) is 11.6. The summed E-state index contributed by atoms with van der Waals surface area (Å²) < 4.78 is 1.88. The van der Waals surface area contributed by atoms with Crippen molar-refractivity contribution in [3.63, 3.8) is 0 Å². The number of pyridine rings is 1. The number of rotatable bonds is 4. The molecule has 20 heavy (non-hydrogen) atoms. The molecule has 0 aliphatic rings. The number of nitrogens with one attached hydrogen (secondary N) is 1. The van der Waals surface area contributed by atoms with E-state index in [9.17, 15) is 9.59 Å². The highest BCUT2D eigenvalue weighted by Crippen LogP contribution is 2.17. The Labute approximate surface area is 122 Å². The van der Waals surface area contributed by atoms with Crippen LogP contribution in [0.4, 0.5) is 0 Å². The number of nitrogens with zero attached hydrogens (tertiary/aromatic N) is 1. The number of carbonyl (C=O) groups is 1. The minimum absolute atomic E-state index is 0.162. The van der Waals surface area contributed by atoms with E-state index >= 15 is 0 Å². The van der Waals surface area contributed by atoms with E-state index in [1.807, 2.05) is 18.4 Å². The Bertz CT molecular complexity index is 707. The predicted molar refractivity (Wildman–Crippen MR) is 81.5 cm³/mol. The van der Waals surface area contributed by atoms with Crippen LogP contribution in [0, 0.1) is 0 Å². The maximum atomic E-state index is 12.4. The first-order valence-corrected chi connectivity index (χ1v) is 7.07. The average molecular weight is 293 g/mol. The lowest BCUT2D eigenvalue weighted by Crippen LogP contribution is -2.30. The van der Waals surface area contributed by atoms with Crippen LogP contribution in [0.1, 0.15) is 30.6 Å². The highest BCUT2D eigenvalue weighted by atomic mass is 35.5. The van der Waals surface area contributed by atoms with Crippen molar-refractivity contribution in [1.29, 1.82) is 0 Å². The van der Waals surface area contributed by atoms with Gasteiger partial charge in [0.25, 0.3) is 5.91 Å². The monoisotopic (exact) mass is 292 g/mol. The van der Waals surface area contributed by atoms with Gasteiger partial charge in [-0.2, -0.15) is 0 Å². The van der Waals surface area contributed by atoms with Crippen LogP contribution in [0.15, 0.2) is 29.2 Å². The van der Waals surface area contributed by atoms with Crippen molar-refractivity contribution in [1.82, 2.24) is 9.88 Å². The number of carbonyl (C=O) groups excluding carboxylic acids is 1. The van der Waals surface area contributed by atoms with Crippen LogP contribution in [-0.2, 0) is 6.54 Å². The van der Waals surface area contributed by atoms with E-state index < -0.39 is 0 Å². The van der Waals surface area contributed by atoms with E-state index in [0.29, 0.717) is 23.5 Å². The van der Waals surface area contributed by atoms with Crippen molar-refractivity contribution < 1.29 is 4.79 Å². The highest BCUT2D eigenvalue weighted by Gasteiger charge is 2.14. The van der Waals surface area contributed by atoms with Crippen molar-refractivity contribution in [2.75, 3.05) is 6.54 Å². The van der Waals surface area contributed by atoms with Gasteiger partial charge in [0.05, 0.1) is 5.52 Å².